The molecule has 3 heterocycles. The van der Waals surface area contributed by atoms with E-state index < -0.39 is 5.92 Å². The number of fused-ring (bicyclic) bond motifs is 1. The summed E-state index contributed by atoms with van der Waals surface area (Å²) in [5.41, 5.74) is 7.34. The topological polar surface area (TPSA) is 99.7 Å². The average molecular weight is 508 g/mol. The molecule has 0 saturated heterocycles. The maximum atomic E-state index is 12.8. The lowest BCUT2D eigenvalue weighted by Crippen LogP contribution is -2.26. The highest BCUT2D eigenvalue weighted by atomic mass is 16.5. The average Bonchev–Trinajstić information content (AvgIpc) is 3.82. The van der Waals surface area contributed by atoms with Gasteiger partial charge in [-0.25, -0.2) is 4.99 Å². The van der Waals surface area contributed by atoms with Crippen LogP contribution < -0.4 is 5.32 Å². The molecule has 1 N–H and O–H groups in total. The molecule has 1 atom stereocenters. The number of carbonyl (C=O) groups is 1. The van der Waals surface area contributed by atoms with E-state index in [2.05, 4.69) is 52.2 Å². The number of pyridine rings is 1. The second kappa shape index (κ2) is 12.4. The van der Waals surface area contributed by atoms with E-state index in [0.29, 0.717) is 41.7 Å². The van der Waals surface area contributed by atoms with Crippen molar-refractivity contribution in [1.29, 1.82) is 5.26 Å². The minimum absolute atomic E-state index is 0.243. The zero-order chi connectivity index (χ0) is 27.1. The summed E-state index contributed by atoms with van der Waals surface area (Å²) in [6.45, 7) is 9.01. The zero-order valence-electron chi connectivity index (χ0n) is 22.2. The quantitative estimate of drug-likeness (QED) is 0.564. The molecule has 1 aliphatic carbocycles. The lowest BCUT2D eigenvalue weighted by Gasteiger charge is -2.20. The summed E-state index contributed by atoms with van der Waals surface area (Å²) >= 11 is 0. The molecule has 1 unspecified atom stereocenters. The number of hydrogen-bond acceptors (Lipinski definition) is 6. The fraction of sp³-hybridized carbons (Fsp3) is 0.323. The van der Waals surface area contributed by atoms with Crippen LogP contribution in [0.1, 0.15) is 71.3 Å². The summed E-state index contributed by atoms with van der Waals surface area (Å²) in [5, 5.41) is 12.3. The predicted molar refractivity (Wildman–Crippen MR) is 151 cm³/mol. The van der Waals surface area contributed by atoms with Crippen molar-refractivity contribution in [2.45, 2.75) is 45.1 Å². The number of amides is 1. The molecule has 1 saturated carbocycles. The maximum absolute atomic E-state index is 12.8. The predicted octanol–water partition coefficient (Wildman–Crippen LogP) is 5.42. The Labute approximate surface area is 224 Å². The lowest BCUT2D eigenvalue weighted by atomic mass is 9.96. The van der Waals surface area contributed by atoms with Crippen molar-refractivity contribution in [2.24, 2.45) is 9.98 Å². The largest absolute Gasteiger partial charge is 0.373 e. The number of nitrogens with one attached hydrogen (secondary N) is 1. The van der Waals surface area contributed by atoms with E-state index in [-0.39, 0.29) is 12.5 Å². The monoisotopic (exact) mass is 507 g/mol. The normalized spacial score (nSPS) is 20.1. The molecule has 1 aromatic heterocycles. The molecule has 0 bridgehead atoms. The number of ether oxygens (including phenoxy) is 1. The van der Waals surface area contributed by atoms with Crippen LogP contribution in [-0.4, -0.2) is 42.5 Å². The van der Waals surface area contributed by atoms with Gasteiger partial charge in [0.15, 0.2) is 0 Å². The van der Waals surface area contributed by atoms with Gasteiger partial charge >= 0.3 is 0 Å². The fourth-order valence-corrected chi connectivity index (χ4v) is 4.36. The SMILES string of the molecule is C=C(/C=C1/N=C(c2cccc(C3CC3)c2)C=CC1=NC)CNC(=O)c1cnc2c(c1)C(C#N)COC2.CC. The van der Waals surface area contributed by atoms with Crippen LogP contribution in [0.15, 0.2) is 82.6 Å². The summed E-state index contributed by atoms with van der Waals surface area (Å²) < 4.78 is 5.39. The standard InChI is InChI=1S/C29H27N5O2.C2H6/c1-18(14-33-29(35)22-12-24-23(13-30)16-36-17-28(24)32-15-22)10-27-26(31-2)9-8-25(34-27)21-5-3-4-20(11-21)19-6-7-19;1-2/h3-5,8-12,15,19,23H,1,6-7,14,16-17H2,2H3,(H,33,35);1-2H3/b27-10+,31-26?;. The number of aromatic nitrogens is 1. The van der Waals surface area contributed by atoms with Crippen molar-refractivity contribution in [3.8, 4) is 6.07 Å². The highest BCUT2D eigenvalue weighted by molar-refractivity contribution is 6.21. The Balaban J connectivity index is 0.00000164. The minimum Gasteiger partial charge on any atom is -0.373 e. The molecule has 7 heteroatoms. The van der Waals surface area contributed by atoms with E-state index >= 15 is 0 Å². The van der Waals surface area contributed by atoms with Crippen LogP contribution in [0.4, 0.5) is 0 Å². The van der Waals surface area contributed by atoms with Crippen molar-refractivity contribution in [1.82, 2.24) is 10.3 Å². The summed E-state index contributed by atoms with van der Waals surface area (Å²) in [7, 11) is 1.73. The number of allylic oxidation sites excluding steroid dienone is 2. The molecule has 0 spiro atoms. The first-order valence-corrected chi connectivity index (χ1v) is 13.0. The van der Waals surface area contributed by atoms with Gasteiger partial charge in [-0.15, -0.1) is 0 Å². The highest BCUT2D eigenvalue weighted by Crippen LogP contribution is 2.40. The Bertz CT molecular complexity index is 1390. The molecule has 2 aliphatic heterocycles. The Morgan fingerprint density at radius 1 is 1.29 bits per heavy atom. The van der Waals surface area contributed by atoms with Gasteiger partial charge in [0.1, 0.15) is 0 Å². The molecular formula is C31H33N5O2. The number of carbonyl (C=O) groups excluding carboxylic acids is 1. The molecule has 1 aromatic carbocycles. The molecule has 7 nitrogen and oxygen atoms in total. The van der Waals surface area contributed by atoms with Crippen molar-refractivity contribution in [3.05, 3.63) is 101 Å². The van der Waals surface area contributed by atoms with Gasteiger partial charge < -0.3 is 10.1 Å². The minimum atomic E-state index is -0.420. The van der Waals surface area contributed by atoms with Gasteiger partial charge in [-0.3, -0.25) is 14.8 Å². The number of hydrogen-bond donors (Lipinski definition) is 1. The molecule has 38 heavy (non-hydrogen) atoms. The van der Waals surface area contributed by atoms with Crippen LogP contribution >= 0.6 is 0 Å². The summed E-state index contributed by atoms with van der Waals surface area (Å²) in [4.78, 5) is 26.3. The first-order valence-electron chi connectivity index (χ1n) is 13.0. The molecular weight excluding hydrogens is 474 g/mol. The molecule has 1 amide bonds. The second-order valence-electron chi connectivity index (χ2n) is 9.17. The summed E-state index contributed by atoms with van der Waals surface area (Å²) in [6, 6.07) is 12.5. The van der Waals surface area contributed by atoms with Crippen LogP contribution in [0.5, 0.6) is 0 Å². The van der Waals surface area contributed by atoms with Crippen LogP contribution in [0.2, 0.25) is 0 Å². The van der Waals surface area contributed by atoms with Crippen LogP contribution in [0, 0.1) is 11.3 Å². The highest BCUT2D eigenvalue weighted by Gasteiger charge is 2.24. The number of benzene rings is 1. The van der Waals surface area contributed by atoms with Crippen molar-refractivity contribution >= 4 is 17.3 Å². The molecule has 5 rings (SSSR count). The van der Waals surface area contributed by atoms with Crippen molar-refractivity contribution < 1.29 is 9.53 Å². The van der Waals surface area contributed by atoms with Gasteiger partial charge in [0.05, 0.1) is 53.6 Å². The first kappa shape index (κ1) is 26.9. The first-order chi connectivity index (χ1) is 18.6. The van der Waals surface area contributed by atoms with Gasteiger partial charge in [-0.1, -0.05) is 38.6 Å². The van der Waals surface area contributed by atoms with E-state index in [1.165, 1.54) is 24.6 Å². The smallest absolute Gasteiger partial charge is 0.253 e. The Kier molecular flexibility index (Phi) is 8.77. The van der Waals surface area contributed by atoms with E-state index in [1.807, 2.05) is 32.1 Å². The zero-order valence-corrected chi connectivity index (χ0v) is 22.2. The third-order valence-corrected chi connectivity index (χ3v) is 6.51. The van der Waals surface area contributed by atoms with Crippen LogP contribution in [0.25, 0.3) is 0 Å². The molecule has 0 radical (unpaired) electrons. The second-order valence-corrected chi connectivity index (χ2v) is 9.17. The lowest BCUT2D eigenvalue weighted by molar-refractivity contribution is 0.0945. The molecule has 3 aliphatic rings. The molecule has 1 fully saturated rings. The van der Waals surface area contributed by atoms with Crippen LogP contribution in [-0.2, 0) is 11.3 Å². The van der Waals surface area contributed by atoms with Crippen molar-refractivity contribution in [3.63, 3.8) is 0 Å². The fourth-order valence-electron chi connectivity index (χ4n) is 4.36. The third kappa shape index (κ3) is 6.21. The Hall–Kier alpha value is -4.15. The number of dihydropyridines is 1. The molecule has 194 valence electrons. The Morgan fingerprint density at radius 3 is 2.84 bits per heavy atom. The summed E-state index contributed by atoms with van der Waals surface area (Å²) in [6.07, 6.45) is 9.81. The van der Waals surface area contributed by atoms with Gasteiger partial charge in [0.25, 0.3) is 5.91 Å². The maximum Gasteiger partial charge on any atom is 0.253 e. The van der Waals surface area contributed by atoms with Gasteiger partial charge in [-0.2, -0.15) is 5.26 Å². The number of rotatable bonds is 6. The van der Waals surface area contributed by atoms with Crippen LogP contribution in [0.3, 0.4) is 0 Å². The van der Waals surface area contributed by atoms with E-state index in [4.69, 9.17) is 9.73 Å². The number of aliphatic imine (C=N–C) groups is 2. The molecule has 2 aromatic rings. The van der Waals surface area contributed by atoms with Gasteiger partial charge in [0, 0.05) is 25.4 Å². The number of nitrogens with zero attached hydrogens (tertiary/aromatic N) is 4. The van der Waals surface area contributed by atoms with Gasteiger partial charge in [0.2, 0.25) is 0 Å². The third-order valence-electron chi connectivity index (χ3n) is 6.51. The number of nitriles is 1. The van der Waals surface area contributed by atoms with E-state index in [0.717, 1.165) is 22.6 Å². The summed E-state index contributed by atoms with van der Waals surface area (Å²) in [5.74, 6) is -0.0207. The van der Waals surface area contributed by atoms with E-state index in [1.54, 1.807) is 13.1 Å². The van der Waals surface area contributed by atoms with E-state index in [9.17, 15) is 10.1 Å². The van der Waals surface area contributed by atoms with Gasteiger partial charge in [-0.05, 0) is 65.8 Å². The Morgan fingerprint density at radius 2 is 2.11 bits per heavy atom. The van der Waals surface area contributed by atoms with Crippen molar-refractivity contribution in [2.75, 3.05) is 20.2 Å².